The summed E-state index contributed by atoms with van der Waals surface area (Å²) in [6.45, 7) is 3.04. The van der Waals surface area contributed by atoms with Gasteiger partial charge < -0.3 is 20.3 Å². The molecule has 7 nitrogen and oxygen atoms in total. The van der Waals surface area contributed by atoms with Gasteiger partial charge >= 0.3 is 12.1 Å². The molecule has 3 rings (SSSR count). The van der Waals surface area contributed by atoms with Crippen molar-refractivity contribution in [3.05, 3.63) is 65.9 Å². The first kappa shape index (κ1) is 22.3. The number of anilines is 4. The summed E-state index contributed by atoms with van der Waals surface area (Å²) in [6, 6.07) is 11.9. The molecule has 0 bridgehead atoms. The van der Waals surface area contributed by atoms with Gasteiger partial charge in [0.15, 0.2) is 0 Å². The van der Waals surface area contributed by atoms with E-state index in [2.05, 4.69) is 20.6 Å². The highest BCUT2D eigenvalue weighted by Gasteiger charge is 2.35. The number of benzene rings is 2. The molecule has 162 valence electrons. The predicted octanol–water partition coefficient (Wildman–Crippen LogP) is 4.93. The van der Waals surface area contributed by atoms with E-state index in [1.165, 1.54) is 43.7 Å². The third kappa shape index (κ3) is 5.40. The van der Waals surface area contributed by atoms with E-state index in [1.54, 1.807) is 18.2 Å². The normalized spacial score (nSPS) is 11.8. The minimum atomic E-state index is -4.72. The van der Waals surface area contributed by atoms with Gasteiger partial charge in [0.2, 0.25) is 5.95 Å². The predicted molar refractivity (Wildman–Crippen MR) is 113 cm³/mol. The van der Waals surface area contributed by atoms with Gasteiger partial charge in [0.05, 0.1) is 11.3 Å². The van der Waals surface area contributed by atoms with Crippen LogP contribution < -0.4 is 15.9 Å². The van der Waals surface area contributed by atoms with Gasteiger partial charge in [-0.15, -0.1) is 0 Å². The van der Waals surface area contributed by atoms with Crippen molar-refractivity contribution in [1.82, 2.24) is 9.97 Å². The van der Waals surface area contributed by atoms with Gasteiger partial charge in [-0.2, -0.15) is 18.2 Å². The van der Waals surface area contributed by atoms with Crippen LogP contribution in [0.3, 0.4) is 0 Å². The Hall–Kier alpha value is -3.39. The second-order valence-electron chi connectivity index (χ2n) is 6.95. The van der Waals surface area contributed by atoms with Crippen molar-refractivity contribution in [1.29, 1.82) is 0 Å². The SMILES string of the molecule is CP(C)(=O)c1ccccc1Nc1nc(Nc2ccc(C(=O)O)cc2)ncc1C(F)(F)F. The van der Waals surface area contributed by atoms with Crippen molar-refractivity contribution < 1.29 is 27.6 Å². The van der Waals surface area contributed by atoms with E-state index in [9.17, 15) is 22.5 Å². The van der Waals surface area contributed by atoms with E-state index >= 15 is 0 Å². The minimum Gasteiger partial charge on any atom is -0.478 e. The number of aromatic carboxylic acids is 1. The van der Waals surface area contributed by atoms with Crippen LogP contribution in [0, 0.1) is 0 Å². The van der Waals surface area contributed by atoms with E-state index in [0.29, 0.717) is 17.2 Å². The molecule has 11 heteroatoms. The zero-order valence-electron chi connectivity index (χ0n) is 16.4. The van der Waals surface area contributed by atoms with E-state index in [-0.39, 0.29) is 17.2 Å². The van der Waals surface area contributed by atoms with Crippen LogP contribution >= 0.6 is 7.14 Å². The van der Waals surface area contributed by atoms with E-state index < -0.39 is 30.7 Å². The third-order valence-electron chi connectivity index (χ3n) is 4.22. The maximum Gasteiger partial charge on any atom is 0.421 e. The van der Waals surface area contributed by atoms with Gasteiger partial charge in [-0.25, -0.2) is 9.78 Å². The van der Waals surface area contributed by atoms with Crippen LogP contribution in [0.4, 0.5) is 36.3 Å². The van der Waals surface area contributed by atoms with Crippen molar-refractivity contribution in [3.8, 4) is 0 Å². The van der Waals surface area contributed by atoms with Gasteiger partial charge in [-0.05, 0) is 49.7 Å². The van der Waals surface area contributed by atoms with Crippen molar-refractivity contribution in [3.63, 3.8) is 0 Å². The lowest BCUT2D eigenvalue weighted by Crippen LogP contribution is -2.15. The van der Waals surface area contributed by atoms with Crippen LogP contribution in [0.2, 0.25) is 0 Å². The summed E-state index contributed by atoms with van der Waals surface area (Å²) in [7, 11) is -2.78. The molecule has 0 unspecified atom stereocenters. The maximum atomic E-state index is 13.5. The monoisotopic (exact) mass is 450 g/mol. The molecule has 3 N–H and O–H groups in total. The number of hydrogen-bond donors (Lipinski definition) is 3. The highest BCUT2D eigenvalue weighted by atomic mass is 31.2. The highest BCUT2D eigenvalue weighted by molar-refractivity contribution is 7.70. The van der Waals surface area contributed by atoms with E-state index in [1.807, 2.05) is 0 Å². The van der Waals surface area contributed by atoms with Gasteiger partial charge in [-0.1, -0.05) is 12.1 Å². The first-order valence-corrected chi connectivity index (χ1v) is 11.5. The third-order valence-corrected chi connectivity index (χ3v) is 5.77. The van der Waals surface area contributed by atoms with Crippen LogP contribution in [0.1, 0.15) is 15.9 Å². The number of aromatic nitrogens is 2. The fraction of sp³-hybridized carbons (Fsp3) is 0.150. The molecule has 0 aliphatic carbocycles. The molecule has 0 saturated heterocycles. The molecule has 2 aromatic carbocycles. The number of rotatable bonds is 6. The Morgan fingerprint density at radius 3 is 2.26 bits per heavy atom. The van der Waals surface area contributed by atoms with Crippen LogP contribution in [-0.4, -0.2) is 34.4 Å². The van der Waals surface area contributed by atoms with E-state index in [4.69, 9.17) is 5.11 Å². The average molecular weight is 450 g/mol. The zero-order chi connectivity index (χ0) is 22.8. The molecule has 0 amide bonds. The number of nitrogens with zero attached hydrogens (tertiary/aromatic N) is 2. The van der Waals surface area contributed by atoms with Crippen molar-refractivity contribution in [2.45, 2.75) is 6.18 Å². The summed E-state index contributed by atoms with van der Waals surface area (Å²) in [6.07, 6.45) is -4.08. The number of hydrogen-bond acceptors (Lipinski definition) is 6. The van der Waals surface area contributed by atoms with Crippen molar-refractivity contribution >= 4 is 41.6 Å². The summed E-state index contributed by atoms with van der Waals surface area (Å²) in [5.74, 6) is -1.74. The molecule has 1 aromatic heterocycles. The van der Waals surface area contributed by atoms with Gasteiger partial charge in [0, 0.05) is 17.2 Å². The zero-order valence-corrected chi connectivity index (χ0v) is 17.3. The van der Waals surface area contributed by atoms with Crippen molar-refractivity contribution in [2.75, 3.05) is 24.0 Å². The summed E-state index contributed by atoms with van der Waals surface area (Å²) in [5, 5.41) is 14.7. The molecule has 0 saturated carbocycles. The van der Waals surface area contributed by atoms with Crippen LogP contribution in [-0.2, 0) is 10.7 Å². The van der Waals surface area contributed by atoms with Crippen LogP contribution in [0.25, 0.3) is 0 Å². The molecule has 0 fully saturated rings. The Labute approximate surface area is 175 Å². The van der Waals surface area contributed by atoms with Gasteiger partial charge in [-0.3, -0.25) is 0 Å². The number of para-hydroxylation sites is 1. The first-order valence-electron chi connectivity index (χ1n) is 8.91. The fourth-order valence-electron chi connectivity index (χ4n) is 2.75. The molecule has 0 aliphatic rings. The standard InChI is InChI=1S/C20H18F3N4O3P/c1-31(2,30)16-6-4-3-5-15(16)26-17-14(20(21,22)23)11-24-19(27-17)25-13-9-7-12(8-10-13)18(28)29/h3-11H,1-2H3,(H,28,29)(H2,24,25,26,27). The summed E-state index contributed by atoms with van der Waals surface area (Å²) in [4.78, 5) is 18.6. The Kier molecular flexibility index (Phi) is 6.03. The Balaban J connectivity index is 1.99. The fourth-order valence-corrected chi connectivity index (χ4v) is 3.90. The lowest BCUT2D eigenvalue weighted by molar-refractivity contribution is -0.137. The first-order chi connectivity index (χ1) is 14.4. The van der Waals surface area contributed by atoms with Gasteiger partial charge in [0.25, 0.3) is 0 Å². The number of carbonyl (C=O) groups is 1. The number of halogens is 3. The van der Waals surface area contributed by atoms with Crippen molar-refractivity contribution in [2.24, 2.45) is 0 Å². The Morgan fingerprint density at radius 2 is 1.68 bits per heavy atom. The molecule has 0 radical (unpaired) electrons. The molecule has 3 aromatic rings. The summed E-state index contributed by atoms with van der Waals surface area (Å²) in [5.41, 5.74) is -0.392. The quantitative estimate of drug-likeness (QED) is 0.458. The molecule has 31 heavy (non-hydrogen) atoms. The average Bonchev–Trinajstić information content (AvgIpc) is 2.67. The second kappa shape index (κ2) is 8.39. The minimum absolute atomic E-state index is 0.0569. The van der Waals surface area contributed by atoms with Gasteiger partial charge in [0.1, 0.15) is 18.5 Å². The topological polar surface area (TPSA) is 104 Å². The van der Waals surface area contributed by atoms with Crippen LogP contribution in [0.15, 0.2) is 54.7 Å². The second-order valence-corrected chi connectivity index (χ2v) is 10.1. The molecule has 0 atom stereocenters. The van der Waals surface area contributed by atoms with E-state index in [0.717, 1.165) is 0 Å². The smallest absolute Gasteiger partial charge is 0.421 e. The number of alkyl halides is 3. The number of carboxylic acid groups (broad SMARTS) is 1. The number of carboxylic acids is 1. The lowest BCUT2D eigenvalue weighted by Gasteiger charge is -2.18. The maximum absolute atomic E-state index is 13.5. The molecular formula is C20H18F3N4O3P. The summed E-state index contributed by atoms with van der Waals surface area (Å²) < 4.78 is 53.1. The Bertz CT molecular complexity index is 1160. The van der Waals surface area contributed by atoms with Crippen LogP contribution in [0.5, 0.6) is 0 Å². The highest BCUT2D eigenvalue weighted by Crippen LogP contribution is 2.40. The Morgan fingerprint density at radius 1 is 1.03 bits per heavy atom. The molecule has 1 heterocycles. The molecule has 0 spiro atoms. The molecule has 0 aliphatic heterocycles. The molecular weight excluding hydrogens is 432 g/mol. The number of nitrogens with one attached hydrogen (secondary N) is 2. The summed E-state index contributed by atoms with van der Waals surface area (Å²) >= 11 is 0. The largest absolute Gasteiger partial charge is 0.478 e. The lowest BCUT2D eigenvalue weighted by atomic mass is 10.2.